The van der Waals surface area contributed by atoms with E-state index in [2.05, 4.69) is 49.9 Å². The van der Waals surface area contributed by atoms with Gasteiger partial charge >= 0.3 is 0 Å². The second-order valence-electron chi connectivity index (χ2n) is 10.3. The van der Waals surface area contributed by atoms with Crippen molar-refractivity contribution < 1.29 is 19.4 Å². The average Bonchev–Trinajstić information content (AvgIpc) is 3.75. The van der Waals surface area contributed by atoms with E-state index < -0.39 is 24.5 Å². The molecule has 1 aliphatic rings. The highest BCUT2D eigenvalue weighted by Crippen LogP contribution is 2.40. The highest BCUT2D eigenvalue weighted by atomic mass is 16.6. The van der Waals surface area contributed by atoms with E-state index >= 15 is 0 Å². The molecule has 0 amide bonds. The van der Waals surface area contributed by atoms with Crippen LogP contribution in [0, 0.1) is 0 Å². The van der Waals surface area contributed by atoms with Crippen LogP contribution in [0.3, 0.4) is 0 Å². The smallest absolute Gasteiger partial charge is 0.293 e. The highest BCUT2D eigenvalue weighted by molar-refractivity contribution is 5.84. The maximum atomic E-state index is 11.4. The van der Waals surface area contributed by atoms with Crippen LogP contribution in [0.15, 0.2) is 18.9 Å². The molecule has 0 aromatic carbocycles. The number of tetrazole rings is 1. The molecule has 16 heteroatoms. The third-order valence-corrected chi connectivity index (χ3v) is 7.03. The molecule has 5 heterocycles. The Hall–Kier alpha value is -4.18. The van der Waals surface area contributed by atoms with Gasteiger partial charge in [-0.3, -0.25) is 9.36 Å². The standard InChI is InChI=1S/C25H36N12O4/c1-6-15(7-2)29-21-17-23(31-25(30-21)26-9-8-16-10-35(5)11-27-16)36(12-28-17)24-20(40-13-38)18(39)19(41-24)22-32-34-37(33-22)14(3)4/h10-15,18-20,24,39H,6-9H2,1-5H3,(H2,26,29,30,31)/t18-,19+,20-,24-/m1/s1. The topological polar surface area (TPSA) is 185 Å². The quantitative estimate of drug-likeness (QED) is 0.198. The van der Waals surface area contributed by atoms with Gasteiger partial charge in [-0.15, -0.1) is 10.2 Å². The molecule has 0 spiro atoms. The Labute approximate surface area is 236 Å². The number of aryl methyl sites for hydroxylation is 1. The molecular weight excluding hydrogens is 532 g/mol. The Bertz CT molecular complexity index is 1460. The monoisotopic (exact) mass is 568 g/mol. The van der Waals surface area contributed by atoms with Gasteiger partial charge in [0.2, 0.25) is 11.8 Å². The number of aromatic nitrogens is 10. The van der Waals surface area contributed by atoms with Crippen LogP contribution in [-0.2, 0) is 27.7 Å². The molecule has 41 heavy (non-hydrogen) atoms. The number of carbonyl (C=O) groups excluding carboxylic acids is 1. The van der Waals surface area contributed by atoms with Crippen molar-refractivity contribution in [3.05, 3.63) is 30.4 Å². The minimum Gasteiger partial charge on any atom is -0.457 e. The van der Waals surface area contributed by atoms with Crippen LogP contribution in [0.2, 0.25) is 0 Å². The van der Waals surface area contributed by atoms with Gasteiger partial charge in [0.05, 0.1) is 24.4 Å². The number of aliphatic hydroxyl groups is 1. The van der Waals surface area contributed by atoms with Crippen molar-refractivity contribution >= 4 is 29.4 Å². The zero-order chi connectivity index (χ0) is 29.1. The third-order valence-electron chi connectivity index (χ3n) is 7.03. The molecule has 0 bridgehead atoms. The summed E-state index contributed by atoms with van der Waals surface area (Å²) in [5, 5.41) is 30.3. The second kappa shape index (κ2) is 12.1. The minimum absolute atomic E-state index is 0.0357. The number of ether oxygens (including phenoxy) is 2. The molecule has 0 unspecified atom stereocenters. The zero-order valence-corrected chi connectivity index (χ0v) is 23.7. The van der Waals surface area contributed by atoms with Crippen molar-refractivity contribution in [2.45, 2.75) is 83.6 Å². The van der Waals surface area contributed by atoms with E-state index in [-0.39, 0.29) is 24.4 Å². The number of hydrogen-bond acceptors (Lipinski definition) is 13. The van der Waals surface area contributed by atoms with Crippen LogP contribution in [0.25, 0.3) is 11.2 Å². The van der Waals surface area contributed by atoms with E-state index in [0.717, 1.165) is 18.5 Å². The van der Waals surface area contributed by atoms with Gasteiger partial charge in [0.1, 0.15) is 6.10 Å². The van der Waals surface area contributed by atoms with Gasteiger partial charge in [-0.1, -0.05) is 13.8 Å². The lowest BCUT2D eigenvalue weighted by molar-refractivity contribution is -0.142. The van der Waals surface area contributed by atoms with E-state index in [1.165, 1.54) is 11.1 Å². The van der Waals surface area contributed by atoms with Crippen LogP contribution in [0.1, 0.15) is 70.4 Å². The fourth-order valence-corrected chi connectivity index (χ4v) is 4.73. The van der Waals surface area contributed by atoms with Crippen LogP contribution in [0.5, 0.6) is 0 Å². The number of nitrogens with zero attached hydrogens (tertiary/aromatic N) is 10. The predicted molar refractivity (Wildman–Crippen MR) is 147 cm³/mol. The Balaban J connectivity index is 1.49. The van der Waals surface area contributed by atoms with Crippen molar-refractivity contribution in [2.24, 2.45) is 7.05 Å². The summed E-state index contributed by atoms with van der Waals surface area (Å²) in [5.41, 5.74) is 1.89. The van der Waals surface area contributed by atoms with E-state index in [1.807, 2.05) is 31.7 Å². The fraction of sp³-hybridized carbons (Fsp3) is 0.600. The van der Waals surface area contributed by atoms with Gasteiger partial charge in [-0.25, -0.2) is 9.97 Å². The first-order valence-corrected chi connectivity index (χ1v) is 13.8. The SMILES string of the molecule is CCC(CC)Nc1nc(NCCc2cn(C)cn2)nc2c1ncn2[C@@H]1O[C@H](c2nnn(C(C)C)n2)[C@@H](O)[C@H]1OC=O. The molecule has 1 aliphatic heterocycles. The van der Waals surface area contributed by atoms with Gasteiger partial charge in [0, 0.05) is 32.3 Å². The summed E-state index contributed by atoms with van der Waals surface area (Å²) >= 11 is 0. The maximum Gasteiger partial charge on any atom is 0.293 e. The molecular formula is C25H36N12O4. The van der Waals surface area contributed by atoms with Crippen molar-refractivity contribution in [1.82, 2.24) is 49.3 Å². The van der Waals surface area contributed by atoms with Crippen molar-refractivity contribution in [2.75, 3.05) is 17.2 Å². The van der Waals surface area contributed by atoms with E-state index in [1.54, 1.807) is 10.9 Å². The number of carbonyl (C=O) groups is 1. The van der Waals surface area contributed by atoms with Crippen molar-refractivity contribution in [1.29, 1.82) is 0 Å². The molecule has 16 nitrogen and oxygen atoms in total. The molecule has 1 saturated heterocycles. The number of rotatable bonds is 13. The first kappa shape index (κ1) is 28.4. The van der Waals surface area contributed by atoms with E-state index in [9.17, 15) is 9.90 Å². The van der Waals surface area contributed by atoms with Gasteiger partial charge in [-0.05, 0) is 31.9 Å². The number of nitrogens with one attached hydrogen (secondary N) is 2. The lowest BCUT2D eigenvalue weighted by atomic mass is 10.1. The van der Waals surface area contributed by atoms with E-state index in [4.69, 9.17) is 19.4 Å². The summed E-state index contributed by atoms with van der Waals surface area (Å²) in [4.78, 5) is 31.3. The molecule has 0 saturated carbocycles. The lowest BCUT2D eigenvalue weighted by Crippen LogP contribution is -2.32. The normalized spacial score (nSPS) is 20.8. The van der Waals surface area contributed by atoms with Crippen LogP contribution >= 0.6 is 0 Å². The van der Waals surface area contributed by atoms with Crippen molar-refractivity contribution in [3.8, 4) is 0 Å². The zero-order valence-electron chi connectivity index (χ0n) is 23.7. The Morgan fingerprint density at radius 3 is 2.66 bits per heavy atom. The summed E-state index contributed by atoms with van der Waals surface area (Å²) in [7, 11) is 1.93. The number of imidazole rings is 2. The fourth-order valence-electron chi connectivity index (χ4n) is 4.73. The lowest BCUT2D eigenvalue weighted by Gasteiger charge is -2.20. The van der Waals surface area contributed by atoms with Gasteiger partial charge < -0.3 is 29.8 Å². The van der Waals surface area contributed by atoms with E-state index in [0.29, 0.717) is 35.9 Å². The molecule has 4 atom stereocenters. The summed E-state index contributed by atoms with van der Waals surface area (Å²) < 4.78 is 15.1. The average molecular weight is 569 g/mol. The number of aliphatic hydroxyl groups excluding tert-OH is 1. The summed E-state index contributed by atoms with van der Waals surface area (Å²) in [6.45, 7) is 8.85. The molecule has 3 N–H and O–H groups in total. The maximum absolute atomic E-state index is 11.4. The third kappa shape index (κ3) is 5.83. The molecule has 0 aliphatic carbocycles. The molecule has 1 fully saturated rings. The van der Waals surface area contributed by atoms with Crippen LogP contribution in [0.4, 0.5) is 11.8 Å². The van der Waals surface area contributed by atoms with Crippen LogP contribution < -0.4 is 10.6 Å². The largest absolute Gasteiger partial charge is 0.457 e. The van der Waals surface area contributed by atoms with Gasteiger partial charge in [-0.2, -0.15) is 14.8 Å². The number of anilines is 2. The summed E-state index contributed by atoms with van der Waals surface area (Å²) in [5.74, 6) is 1.13. The van der Waals surface area contributed by atoms with Crippen LogP contribution in [-0.4, -0.2) is 85.7 Å². The number of fused-ring (bicyclic) bond motifs is 1. The number of hydrogen-bond donors (Lipinski definition) is 3. The summed E-state index contributed by atoms with van der Waals surface area (Å²) in [6.07, 6.45) is 3.43. The predicted octanol–water partition coefficient (Wildman–Crippen LogP) is 1.55. The Morgan fingerprint density at radius 1 is 1.20 bits per heavy atom. The second-order valence-corrected chi connectivity index (χ2v) is 10.3. The minimum atomic E-state index is -1.26. The molecule has 4 aromatic heterocycles. The molecule has 4 aromatic rings. The summed E-state index contributed by atoms with van der Waals surface area (Å²) in [6, 6.07) is 0.140. The molecule has 5 rings (SSSR count). The first-order valence-electron chi connectivity index (χ1n) is 13.8. The Morgan fingerprint density at radius 2 is 2.00 bits per heavy atom. The Kier molecular flexibility index (Phi) is 8.39. The van der Waals surface area contributed by atoms with Crippen molar-refractivity contribution in [3.63, 3.8) is 0 Å². The molecule has 0 radical (unpaired) electrons. The van der Waals surface area contributed by atoms with Gasteiger partial charge in [0.15, 0.2) is 35.4 Å². The highest BCUT2D eigenvalue weighted by Gasteiger charge is 2.49. The molecule has 220 valence electrons. The van der Waals surface area contributed by atoms with Gasteiger partial charge in [0.25, 0.3) is 6.47 Å². The first-order chi connectivity index (χ1) is 19.8.